The van der Waals surface area contributed by atoms with E-state index in [2.05, 4.69) is 10.3 Å². The van der Waals surface area contributed by atoms with E-state index in [4.69, 9.17) is 9.47 Å². The molecule has 1 aliphatic rings. The summed E-state index contributed by atoms with van der Waals surface area (Å²) in [6.45, 7) is 4.83. The molecule has 158 valence electrons. The molecule has 0 saturated carbocycles. The van der Waals surface area contributed by atoms with Gasteiger partial charge in [0.1, 0.15) is 16.7 Å². The van der Waals surface area contributed by atoms with Crippen molar-refractivity contribution in [2.24, 2.45) is 4.99 Å². The number of anilines is 1. The van der Waals surface area contributed by atoms with Crippen molar-refractivity contribution in [3.05, 3.63) is 48.5 Å². The minimum atomic E-state index is -0.562. The van der Waals surface area contributed by atoms with Crippen LogP contribution in [-0.2, 0) is 9.59 Å². The van der Waals surface area contributed by atoms with Crippen LogP contribution in [0.5, 0.6) is 11.5 Å². The normalized spacial score (nSPS) is 17.7. The summed E-state index contributed by atoms with van der Waals surface area (Å²) in [6.07, 6.45) is 0.122. The van der Waals surface area contributed by atoms with Gasteiger partial charge in [-0.3, -0.25) is 14.5 Å². The van der Waals surface area contributed by atoms with Crippen molar-refractivity contribution in [3.8, 4) is 11.5 Å². The van der Waals surface area contributed by atoms with Crippen LogP contribution in [0.1, 0.15) is 20.3 Å². The molecule has 1 aliphatic heterocycles. The number of carbonyl (C=O) groups is 2. The molecule has 8 heteroatoms. The number of methoxy groups -OCH3 is 1. The molecular weight excluding hydrogens is 402 g/mol. The first-order chi connectivity index (χ1) is 14.5. The monoisotopic (exact) mass is 427 g/mol. The highest BCUT2D eigenvalue weighted by Crippen LogP contribution is 2.30. The van der Waals surface area contributed by atoms with Crippen molar-refractivity contribution in [3.63, 3.8) is 0 Å². The summed E-state index contributed by atoms with van der Waals surface area (Å²) >= 11 is 1.30. The van der Waals surface area contributed by atoms with Crippen molar-refractivity contribution >= 4 is 40.1 Å². The van der Waals surface area contributed by atoms with Crippen molar-refractivity contribution in [2.75, 3.05) is 25.6 Å². The third-order valence-corrected chi connectivity index (χ3v) is 5.65. The Hall–Kier alpha value is -3.00. The van der Waals surface area contributed by atoms with Crippen LogP contribution >= 0.6 is 11.8 Å². The number of amidine groups is 1. The topological polar surface area (TPSA) is 80.2 Å². The number of amides is 2. The smallest absolute Gasteiger partial charge is 0.238 e. The molecule has 0 aliphatic carbocycles. The maximum Gasteiger partial charge on any atom is 0.238 e. The lowest BCUT2D eigenvalue weighted by molar-refractivity contribution is -0.129. The summed E-state index contributed by atoms with van der Waals surface area (Å²) in [7, 11) is 1.60. The SMILES string of the molecule is CCOc1cccc(NC(=O)C2CC(=O)N(CC)C(=Nc3ccc(OC)cc3)S2)c1. The molecule has 1 saturated heterocycles. The lowest BCUT2D eigenvalue weighted by Crippen LogP contribution is -2.45. The van der Waals surface area contributed by atoms with E-state index in [9.17, 15) is 9.59 Å². The Kier molecular flexibility index (Phi) is 7.35. The maximum absolute atomic E-state index is 12.8. The average molecular weight is 428 g/mol. The van der Waals surface area contributed by atoms with E-state index in [1.165, 1.54) is 11.8 Å². The largest absolute Gasteiger partial charge is 0.497 e. The van der Waals surface area contributed by atoms with Gasteiger partial charge in [-0.1, -0.05) is 17.8 Å². The Labute approximate surface area is 180 Å². The first-order valence-corrected chi connectivity index (χ1v) is 10.7. The van der Waals surface area contributed by atoms with Gasteiger partial charge in [-0.25, -0.2) is 4.99 Å². The third kappa shape index (κ3) is 5.33. The van der Waals surface area contributed by atoms with Gasteiger partial charge in [0.2, 0.25) is 11.8 Å². The summed E-state index contributed by atoms with van der Waals surface area (Å²) in [5.41, 5.74) is 1.32. The zero-order chi connectivity index (χ0) is 21.5. The van der Waals surface area contributed by atoms with E-state index >= 15 is 0 Å². The third-order valence-electron chi connectivity index (χ3n) is 4.46. The predicted molar refractivity (Wildman–Crippen MR) is 120 cm³/mol. The minimum Gasteiger partial charge on any atom is -0.497 e. The van der Waals surface area contributed by atoms with Gasteiger partial charge < -0.3 is 14.8 Å². The molecule has 3 rings (SSSR count). The highest BCUT2D eigenvalue weighted by molar-refractivity contribution is 8.15. The molecule has 2 aromatic rings. The zero-order valence-corrected chi connectivity index (χ0v) is 18.1. The number of benzene rings is 2. The van der Waals surface area contributed by atoms with Crippen LogP contribution < -0.4 is 14.8 Å². The quantitative estimate of drug-likeness (QED) is 0.720. The molecule has 1 unspecified atom stereocenters. The second kappa shape index (κ2) is 10.2. The molecule has 1 heterocycles. The first kappa shape index (κ1) is 21.7. The molecule has 0 bridgehead atoms. The molecule has 0 radical (unpaired) electrons. The number of ether oxygens (including phenoxy) is 2. The molecule has 1 atom stereocenters. The highest BCUT2D eigenvalue weighted by Gasteiger charge is 2.35. The second-order valence-electron chi connectivity index (χ2n) is 6.49. The number of aliphatic imine (C=N–C) groups is 1. The molecule has 1 N–H and O–H groups in total. The number of nitrogens with zero attached hydrogens (tertiary/aromatic N) is 2. The Morgan fingerprint density at radius 1 is 1.20 bits per heavy atom. The number of thioether (sulfide) groups is 1. The van der Waals surface area contributed by atoms with Crippen LogP contribution in [0.25, 0.3) is 0 Å². The van der Waals surface area contributed by atoms with Gasteiger partial charge in [-0.2, -0.15) is 0 Å². The van der Waals surface area contributed by atoms with E-state index in [1.807, 2.05) is 38.1 Å². The lowest BCUT2D eigenvalue weighted by atomic mass is 10.2. The zero-order valence-electron chi connectivity index (χ0n) is 17.3. The standard InChI is InChI=1S/C22H25N3O4S/c1-4-25-20(26)14-19(21(27)23-16-7-6-8-18(13-16)29-5-2)30-22(25)24-15-9-11-17(28-3)12-10-15/h6-13,19H,4-5,14H2,1-3H3,(H,23,27). The van der Waals surface area contributed by atoms with Crippen LogP contribution in [0, 0.1) is 0 Å². The Morgan fingerprint density at radius 2 is 1.97 bits per heavy atom. The van der Waals surface area contributed by atoms with Gasteiger partial charge in [0, 0.05) is 24.7 Å². The van der Waals surface area contributed by atoms with Gasteiger partial charge in [0.15, 0.2) is 5.17 Å². The van der Waals surface area contributed by atoms with E-state index < -0.39 is 5.25 Å². The summed E-state index contributed by atoms with van der Waals surface area (Å²) in [4.78, 5) is 31.7. The summed E-state index contributed by atoms with van der Waals surface area (Å²) < 4.78 is 10.6. The second-order valence-corrected chi connectivity index (χ2v) is 7.66. The molecule has 7 nitrogen and oxygen atoms in total. The summed E-state index contributed by atoms with van der Waals surface area (Å²) in [5, 5.41) is 2.84. The van der Waals surface area contributed by atoms with Crippen LogP contribution in [0.3, 0.4) is 0 Å². The minimum absolute atomic E-state index is 0.119. The van der Waals surface area contributed by atoms with E-state index in [-0.39, 0.29) is 18.2 Å². The predicted octanol–water partition coefficient (Wildman–Crippen LogP) is 4.07. The molecule has 0 aromatic heterocycles. The van der Waals surface area contributed by atoms with Gasteiger partial charge >= 0.3 is 0 Å². The van der Waals surface area contributed by atoms with Crippen LogP contribution in [-0.4, -0.2) is 47.4 Å². The van der Waals surface area contributed by atoms with Crippen molar-refractivity contribution in [1.82, 2.24) is 4.90 Å². The van der Waals surface area contributed by atoms with Gasteiger partial charge in [0.25, 0.3) is 0 Å². The summed E-state index contributed by atoms with van der Waals surface area (Å²) in [6, 6.07) is 14.4. The number of rotatable bonds is 7. The van der Waals surface area contributed by atoms with Crippen LogP contribution in [0.4, 0.5) is 11.4 Å². The average Bonchev–Trinajstić information content (AvgIpc) is 2.74. The van der Waals surface area contributed by atoms with E-state index in [0.29, 0.717) is 35.4 Å². The molecule has 2 aromatic carbocycles. The van der Waals surface area contributed by atoms with Crippen molar-refractivity contribution < 1.29 is 19.1 Å². The molecule has 2 amide bonds. The van der Waals surface area contributed by atoms with E-state index in [0.717, 1.165) is 5.75 Å². The summed E-state index contributed by atoms with van der Waals surface area (Å²) in [5.74, 6) is 1.05. The number of hydrogen-bond donors (Lipinski definition) is 1. The molecular formula is C22H25N3O4S. The van der Waals surface area contributed by atoms with Gasteiger partial charge in [-0.15, -0.1) is 0 Å². The van der Waals surface area contributed by atoms with E-state index in [1.54, 1.807) is 36.3 Å². The van der Waals surface area contributed by atoms with Crippen LogP contribution in [0.15, 0.2) is 53.5 Å². The Balaban J connectivity index is 1.77. The van der Waals surface area contributed by atoms with Gasteiger partial charge in [0.05, 0.1) is 19.4 Å². The molecule has 0 spiro atoms. The highest BCUT2D eigenvalue weighted by atomic mass is 32.2. The van der Waals surface area contributed by atoms with Crippen LogP contribution in [0.2, 0.25) is 0 Å². The van der Waals surface area contributed by atoms with Gasteiger partial charge in [-0.05, 0) is 50.2 Å². The van der Waals surface area contributed by atoms with Crippen molar-refractivity contribution in [2.45, 2.75) is 25.5 Å². The maximum atomic E-state index is 12.8. The number of carbonyl (C=O) groups excluding carboxylic acids is 2. The lowest BCUT2D eigenvalue weighted by Gasteiger charge is -2.30. The fraction of sp³-hybridized carbons (Fsp3) is 0.318. The fourth-order valence-corrected chi connectivity index (χ4v) is 4.14. The fourth-order valence-electron chi connectivity index (χ4n) is 2.97. The molecule has 30 heavy (non-hydrogen) atoms. The van der Waals surface area contributed by atoms with Crippen molar-refractivity contribution in [1.29, 1.82) is 0 Å². The number of nitrogens with one attached hydrogen (secondary N) is 1. The Bertz CT molecular complexity index is 930. The Morgan fingerprint density at radius 3 is 2.63 bits per heavy atom. The number of hydrogen-bond acceptors (Lipinski definition) is 6. The first-order valence-electron chi connectivity index (χ1n) is 9.77. The molecule has 1 fully saturated rings.